The molecule has 4 rings (SSSR count). The quantitative estimate of drug-likeness (QED) is 0.456. The number of aryl methyl sites for hydroxylation is 1. The minimum absolute atomic E-state index is 0.294. The first-order valence-corrected chi connectivity index (χ1v) is 10.1. The van der Waals surface area contributed by atoms with Gasteiger partial charge >= 0.3 is 0 Å². The van der Waals surface area contributed by atoms with Crippen molar-refractivity contribution in [3.63, 3.8) is 0 Å². The van der Waals surface area contributed by atoms with Gasteiger partial charge in [-0.2, -0.15) is 10.4 Å². The maximum atomic E-state index is 11.8. The lowest BCUT2D eigenvalue weighted by atomic mass is 9.85. The first-order chi connectivity index (χ1) is 14.5. The molecule has 0 bridgehead atoms. The summed E-state index contributed by atoms with van der Waals surface area (Å²) in [6.07, 6.45) is 8.91. The molecular formula is C22H24N6O2. The number of aldehydes is 1. The van der Waals surface area contributed by atoms with E-state index in [1.807, 2.05) is 49.4 Å². The van der Waals surface area contributed by atoms with Crippen LogP contribution in [0.15, 0.2) is 30.9 Å². The largest absolute Gasteiger partial charge is 0.346 e. The summed E-state index contributed by atoms with van der Waals surface area (Å²) in [4.78, 5) is 32.3. The Kier molecular flexibility index (Phi) is 5.22. The number of H-pyrrole nitrogens is 1. The number of ketones is 1. The van der Waals surface area contributed by atoms with Crippen molar-refractivity contribution < 1.29 is 9.59 Å². The highest BCUT2D eigenvalue weighted by Gasteiger charge is 2.46. The number of likely N-dealkylation sites (tertiary alicyclic amines) is 1. The van der Waals surface area contributed by atoms with E-state index in [1.165, 1.54) is 0 Å². The van der Waals surface area contributed by atoms with Crippen LogP contribution in [0.25, 0.3) is 22.2 Å². The molecule has 0 amide bonds. The second-order valence-electron chi connectivity index (χ2n) is 8.08. The number of hydrogen-bond acceptors (Lipinski definition) is 6. The van der Waals surface area contributed by atoms with Gasteiger partial charge in [0, 0.05) is 60.7 Å². The van der Waals surface area contributed by atoms with Crippen molar-refractivity contribution in [2.75, 3.05) is 19.6 Å². The smallest absolute Gasteiger partial charge is 0.199 e. The lowest BCUT2D eigenvalue weighted by Crippen LogP contribution is -2.63. The van der Waals surface area contributed by atoms with Crippen molar-refractivity contribution in [1.29, 1.82) is 5.26 Å². The number of fused-ring (bicyclic) bond motifs is 1. The van der Waals surface area contributed by atoms with Gasteiger partial charge in [0.1, 0.15) is 11.2 Å². The van der Waals surface area contributed by atoms with Crippen LogP contribution in [0.1, 0.15) is 25.3 Å². The van der Waals surface area contributed by atoms with Gasteiger partial charge in [-0.25, -0.2) is 4.98 Å². The molecule has 1 unspecified atom stereocenters. The van der Waals surface area contributed by atoms with Crippen LogP contribution in [0.5, 0.6) is 0 Å². The number of nitriles is 1. The number of aromatic nitrogens is 4. The molecule has 0 radical (unpaired) electrons. The van der Waals surface area contributed by atoms with Crippen LogP contribution >= 0.6 is 0 Å². The Hall–Kier alpha value is -3.31. The highest BCUT2D eigenvalue weighted by molar-refractivity contribution is 6.26. The topological polar surface area (TPSA) is 108 Å². The van der Waals surface area contributed by atoms with Crippen molar-refractivity contribution in [2.24, 2.45) is 5.92 Å². The summed E-state index contributed by atoms with van der Waals surface area (Å²) in [5.41, 5.74) is 3.53. The molecule has 0 aliphatic carbocycles. The lowest BCUT2D eigenvalue weighted by molar-refractivity contribution is -0.134. The van der Waals surface area contributed by atoms with E-state index in [2.05, 4.69) is 26.0 Å². The summed E-state index contributed by atoms with van der Waals surface area (Å²) in [5, 5.41) is 15.1. The molecule has 3 aromatic rings. The Morgan fingerprint density at radius 3 is 2.93 bits per heavy atom. The number of pyridine rings is 1. The van der Waals surface area contributed by atoms with Crippen LogP contribution in [0, 0.1) is 24.2 Å². The third-order valence-corrected chi connectivity index (χ3v) is 6.07. The molecule has 0 aromatic carbocycles. The van der Waals surface area contributed by atoms with Gasteiger partial charge in [0.25, 0.3) is 0 Å². The molecule has 8 nitrogen and oxygen atoms in total. The Morgan fingerprint density at radius 2 is 2.23 bits per heavy atom. The number of aromatic amines is 1. The number of nitrogens with one attached hydrogen (secondary N) is 1. The summed E-state index contributed by atoms with van der Waals surface area (Å²) in [6.45, 7) is 5.71. The zero-order chi connectivity index (χ0) is 21.3. The predicted molar refractivity (Wildman–Crippen MR) is 112 cm³/mol. The molecule has 1 aliphatic heterocycles. The van der Waals surface area contributed by atoms with Gasteiger partial charge in [-0.1, -0.05) is 6.92 Å². The maximum Gasteiger partial charge on any atom is 0.199 e. The van der Waals surface area contributed by atoms with Gasteiger partial charge in [-0.15, -0.1) is 0 Å². The van der Waals surface area contributed by atoms with E-state index < -0.39 is 5.54 Å². The normalized spacial score (nSPS) is 16.7. The molecule has 0 spiro atoms. The van der Waals surface area contributed by atoms with E-state index in [0.29, 0.717) is 38.8 Å². The molecule has 1 saturated heterocycles. The summed E-state index contributed by atoms with van der Waals surface area (Å²) < 4.78 is 1.89. The Bertz CT molecular complexity index is 1130. The second-order valence-corrected chi connectivity index (χ2v) is 8.08. The van der Waals surface area contributed by atoms with Crippen molar-refractivity contribution >= 4 is 23.1 Å². The first-order valence-electron chi connectivity index (χ1n) is 10.1. The standard InChI is InChI=1S/C22H24N6O2/c1-3-16(19(30)12-29)10-27-13-22(14-27,5-6-23)28-11-17(9-26-28)20-15(2)8-25-21-18(20)4-7-24-21/h4,7-9,11-12,16H,3,5,10,13-14H2,1-2H3,(H,24,25). The third kappa shape index (κ3) is 3.31. The minimum atomic E-state index is -0.423. The van der Waals surface area contributed by atoms with Gasteiger partial charge in [-0.05, 0) is 25.0 Å². The SMILES string of the molecule is CCC(CN1CC(CC#N)(n2cc(-c3c(C)cnc4[nH]ccc34)cn2)C1)C(=O)C=O. The number of Topliss-reactive ketones (excluding diaryl/α,β-unsaturated/α-hetero) is 1. The first kappa shape index (κ1) is 20.0. The molecule has 1 atom stereocenters. The maximum absolute atomic E-state index is 11.8. The molecular weight excluding hydrogens is 380 g/mol. The molecule has 30 heavy (non-hydrogen) atoms. The van der Waals surface area contributed by atoms with Gasteiger partial charge in [0.15, 0.2) is 12.1 Å². The van der Waals surface area contributed by atoms with Crippen LogP contribution < -0.4 is 0 Å². The van der Waals surface area contributed by atoms with E-state index in [1.54, 1.807) is 0 Å². The average molecular weight is 404 g/mol. The minimum Gasteiger partial charge on any atom is -0.346 e. The number of carbonyl (C=O) groups excluding carboxylic acids is 2. The number of rotatable bonds is 8. The lowest BCUT2D eigenvalue weighted by Gasteiger charge is -2.49. The van der Waals surface area contributed by atoms with Crippen LogP contribution in [0.2, 0.25) is 0 Å². The van der Waals surface area contributed by atoms with Crippen molar-refractivity contribution in [1.82, 2.24) is 24.6 Å². The zero-order valence-corrected chi connectivity index (χ0v) is 17.1. The van der Waals surface area contributed by atoms with Crippen molar-refractivity contribution in [2.45, 2.75) is 32.2 Å². The molecule has 1 aliphatic rings. The summed E-state index contributed by atoms with van der Waals surface area (Å²) in [6, 6.07) is 4.30. The predicted octanol–water partition coefficient (Wildman–Crippen LogP) is 2.45. The van der Waals surface area contributed by atoms with E-state index in [9.17, 15) is 14.9 Å². The summed E-state index contributed by atoms with van der Waals surface area (Å²) in [5.74, 6) is -0.655. The molecule has 3 aromatic heterocycles. The van der Waals surface area contributed by atoms with Gasteiger partial charge in [0.2, 0.25) is 0 Å². The van der Waals surface area contributed by atoms with E-state index in [0.717, 1.165) is 27.7 Å². The zero-order valence-electron chi connectivity index (χ0n) is 17.1. The van der Waals surface area contributed by atoms with Crippen LogP contribution in [0.3, 0.4) is 0 Å². The second kappa shape index (κ2) is 7.84. The summed E-state index contributed by atoms with van der Waals surface area (Å²) in [7, 11) is 0. The van der Waals surface area contributed by atoms with E-state index in [-0.39, 0.29) is 11.7 Å². The van der Waals surface area contributed by atoms with Crippen LogP contribution in [0.4, 0.5) is 0 Å². The van der Waals surface area contributed by atoms with Crippen molar-refractivity contribution in [3.05, 3.63) is 36.4 Å². The number of nitrogens with zero attached hydrogens (tertiary/aromatic N) is 5. The van der Waals surface area contributed by atoms with Gasteiger partial charge in [-0.3, -0.25) is 19.2 Å². The van der Waals surface area contributed by atoms with Crippen LogP contribution in [-0.2, 0) is 15.1 Å². The van der Waals surface area contributed by atoms with Gasteiger partial charge < -0.3 is 4.98 Å². The highest BCUT2D eigenvalue weighted by Crippen LogP contribution is 2.36. The fraction of sp³-hybridized carbons (Fsp3) is 0.409. The highest BCUT2D eigenvalue weighted by atomic mass is 16.2. The van der Waals surface area contributed by atoms with E-state index in [4.69, 9.17) is 0 Å². The fourth-order valence-electron chi connectivity index (χ4n) is 4.43. The summed E-state index contributed by atoms with van der Waals surface area (Å²) >= 11 is 0. The number of hydrogen-bond donors (Lipinski definition) is 1. The third-order valence-electron chi connectivity index (χ3n) is 6.07. The fourth-order valence-corrected chi connectivity index (χ4v) is 4.43. The molecule has 8 heteroatoms. The Labute approximate surface area is 174 Å². The molecule has 1 N–H and O–H groups in total. The molecule has 0 saturated carbocycles. The van der Waals surface area contributed by atoms with Crippen molar-refractivity contribution in [3.8, 4) is 17.2 Å². The van der Waals surface area contributed by atoms with Gasteiger partial charge in [0.05, 0.1) is 18.7 Å². The Balaban J connectivity index is 1.59. The molecule has 154 valence electrons. The average Bonchev–Trinajstić information content (AvgIpc) is 3.38. The molecule has 1 fully saturated rings. The monoisotopic (exact) mass is 404 g/mol. The van der Waals surface area contributed by atoms with E-state index >= 15 is 0 Å². The molecule has 4 heterocycles. The van der Waals surface area contributed by atoms with Crippen LogP contribution in [-0.4, -0.2) is 56.4 Å². The Morgan fingerprint density at radius 1 is 1.43 bits per heavy atom. The number of carbonyl (C=O) groups is 2.